The number of amides is 1. The highest BCUT2D eigenvalue weighted by atomic mass is 19.1. The van der Waals surface area contributed by atoms with Gasteiger partial charge in [0.15, 0.2) is 5.82 Å². The van der Waals surface area contributed by atoms with Crippen LogP contribution in [0.1, 0.15) is 36.2 Å². The first-order valence-electron chi connectivity index (χ1n) is 9.04. The molecule has 0 radical (unpaired) electrons. The van der Waals surface area contributed by atoms with E-state index in [-0.39, 0.29) is 18.2 Å². The van der Waals surface area contributed by atoms with Crippen LogP contribution in [0.3, 0.4) is 0 Å². The lowest BCUT2D eigenvalue weighted by molar-refractivity contribution is -0.117. The van der Waals surface area contributed by atoms with Crippen LogP contribution in [-0.2, 0) is 11.2 Å². The second-order valence-electron chi connectivity index (χ2n) is 6.87. The summed E-state index contributed by atoms with van der Waals surface area (Å²) in [5.74, 6) is 0.154. The first-order valence-corrected chi connectivity index (χ1v) is 9.04. The zero-order chi connectivity index (χ0) is 19.0. The van der Waals surface area contributed by atoms with Crippen molar-refractivity contribution >= 4 is 11.6 Å². The molecule has 27 heavy (non-hydrogen) atoms. The number of nitrogens with zero attached hydrogens (tertiary/aromatic N) is 3. The van der Waals surface area contributed by atoms with Crippen LogP contribution in [0.25, 0.3) is 11.5 Å². The molecule has 5 nitrogen and oxygen atoms in total. The van der Waals surface area contributed by atoms with Crippen LogP contribution in [0, 0.1) is 12.7 Å². The molecule has 1 aliphatic heterocycles. The summed E-state index contributed by atoms with van der Waals surface area (Å²) in [5, 5.41) is 4.06. The molecular formula is C21H20FN3O2. The minimum absolute atomic E-state index is 0.136. The molecule has 0 spiro atoms. The van der Waals surface area contributed by atoms with Gasteiger partial charge < -0.3 is 9.42 Å². The quantitative estimate of drug-likeness (QED) is 0.693. The van der Waals surface area contributed by atoms with Crippen molar-refractivity contribution in [2.45, 2.75) is 32.6 Å². The number of rotatable bonds is 4. The molecule has 138 valence electrons. The summed E-state index contributed by atoms with van der Waals surface area (Å²) in [7, 11) is 0. The lowest BCUT2D eigenvalue weighted by atomic mass is 10.1. The van der Waals surface area contributed by atoms with Crippen LogP contribution in [0.4, 0.5) is 10.1 Å². The molecule has 6 heteroatoms. The highest BCUT2D eigenvalue weighted by Gasteiger charge is 2.35. The van der Waals surface area contributed by atoms with E-state index >= 15 is 0 Å². The van der Waals surface area contributed by atoms with Crippen molar-refractivity contribution in [2.75, 3.05) is 11.4 Å². The molecule has 1 atom stereocenters. The van der Waals surface area contributed by atoms with E-state index in [0.29, 0.717) is 23.9 Å². The topological polar surface area (TPSA) is 59.2 Å². The molecule has 0 aliphatic carbocycles. The zero-order valence-electron chi connectivity index (χ0n) is 15.3. The maximum Gasteiger partial charge on any atom is 0.257 e. The van der Waals surface area contributed by atoms with Gasteiger partial charge in [-0.05, 0) is 48.7 Å². The number of aromatic nitrogens is 2. The Bertz CT molecular complexity index is 981. The standard InChI is InChI=1S/C21H20FN3O2/c1-3-14-5-7-15(8-6-14)21-23-20(24-27-21)16-11-19(26)25(12-16)18-10-13(2)4-9-17(18)22/h4-10,16H,3,11-12H2,1-2H3. The van der Waals surface area contributed by atoms with Gasteiger partial charge in [0, 0.05) is 24.4 Å². The summed E-state index contributed by atoms with van der Waals surface area (Å²) in [4.78, 5) is 18.4. The Morgan fingerprint density at radius 2 is 2.00 bits per heavy atom. The first kappa shape index (κ1) is 17.4. The maximum absolute atomic E-state index is 14.2. The molecule has 1 saturated heterocycles. The molecule has 1 unspecified atom stereocenters. The molecule has 2 aromatic carbocycles. The fourth-order valence-corrected chi connectivity index (χ4v) is 3.34. The molecule has 1 fully saturated rings. The third-order valence-corrected chi connectivity index (χ3v) is 4.93. The minimum Gasteiger partial charge on any atom is -0.334 e. The molecule has 0 bridgehead atoms. The highest BCUT2D eigenvalue weighted by molar-refractivity contribution is 5.96. The smallest absolute Gasteiger partial charge is 0.257 e. The first-order chi connectivity index (χ1) is 13.0. The van der Waals surface area contributed by atoms with Crippen molar-refractivity contribution in [1.82, 2.24) is 10.1 Å². The summed E-state index contributed by atoms with van der Waals surface area (Å²) in [6.45, 7) is 4.31. The minimum atomic E-state index is -0.403. The largest absolute Gasteiger partial charge is 0.334 e. The van der Waals surface area contributed by atoms with E-state index in [1.54, 1.807) is 12.1 Å². The summed E-state index contributed by atoms with van der Waals surface area (Å²) in [5.41, 5.74) is 3.29. The van der Waals surface area contributed by atoms with Gasteiger partial charge in [0.05, 0.1) is 5.69 Å². The number of benzene rings is 2. The van der Waals surface area contributed by atoms with E-state index in [0.717, 1.165) is 17.5 Å². The number of carbonyl (C=O) groups excluding carboxylic acids is 1. The summed E-state index contributed by atoms with van der Waals surface area (Å²) in [6.07, 6.45) is 1.20. The number of hydrogen-bond acceptors (Lipinski definition) is 4. The van der Waals surface area contributed by atoms with Crippen LogP contribution < -0.4 is 4.90 Å². The Hall–Kier alpha value is -3.02. The van der Waals surface area contributed by atoms with Gasteiger partial charge >= 0.3 is 0 Å². The predicted octanol–water partition coefficient (Wildman–Crippen LogP) is 4.27. The molecule has 0 N–H and O–H groups in total. The average Bonchev–Trinajstić information content (AvgIpc) is 3.31. The monoisotopic (exact) mass is 365 g/mol. The second-order valence-corrected chi connectivity index (χ2v) is 6.87. The van der Waals surface area contributed by atoms with E-state index in [1.165, 1.54) is 16.5 Å². The number of anilines is 1. The summed E-state index contributed by atoms with van der Waals surface area (Å²) < 4.78 is 19.6. The van der Waals surface area contributed by atoms with Gasteiger partial charge in [-0.3, -0.25) is 4.79 Å². The Morgan fingerprint density at radius 3 is 2.74 bits per heavy atom. The van der Waals surface area contributed by atoms with Crippen LogP contribution in [0.2, 0.25) is 0 Å². The fraction of sp³-hybridized carbons (Fsp3) is 0.286. The van der Waals surface area contributed by atoms with Crippen molar-refractivity contribution in [1.29, 1.82) is 0 Å². The molecular weight excluding hydrogens is 345 g/mol. The summed E-state index contributed by atoms with van der Waals surface area (Å²) >= 11 is 0. The van der Waals surface area contributed by atoms with Crippen LogP contribution in [0.15, 0.2) is 47.0 Å². The van der Waals surface area contributed by atoms with Crippen molar-refractivity contribution in [3.63, 3.8) is 0 Å². The second kappa shape index (κ2) is 6.95. The molecule has 2 heterocycles. The van der Waals surface area contributed by atoms with Crippen molar-refractivity contribution in [3.05, 3.63) is 65.2 Å². The van der Waals surface area contributed by atoms with Crippen molar-refractivity contribution in [3.8, 4) is 11.5 Å². The fourth-order valence-electron chi connectivity index (χ4n) is 3.34. The van der Waals surface area contributed by atoms with Crippen LogP contribution in [-0.4, -0.2) is 22.6 Å². The number of carbonyl (C=O) groups is 1. The lowest BCUT2D eigenvalue weighted by Crippen LogP contribution is -2.25. The van der Waals surface area contributed by atoms with Gasteiger partial charge in [0.2, 0.25) is 5.91 Å². The van der Waals surface area contributed by atoms with E-state index < -0.39 is 5.82 Å². The predicted molar refractivity (Wildman–Crippen MR) is 100.0 cm³/mol. The molecule has 1 amide bonds. The van der Waals surface area contributed by atoms with E-state index in [9.17, 15) is 9.18 Å². The Balaban J connectivity index is 1.56. The number of halogens is 1. The number of aryl methyl sites for hydroxylation is 2. The van der Waals surface area contributed by atoms with Gasteiger partial charge in [-0.25, -0.2) is 4.39 Å². The molecule has 3 aromatic rings. The Kier molecular flexibility index (Phi) is 4.48. The van der Waals surface area contributed by atoms with E-state index in [2.05, 4.69) is 17.1 Å². The Labute approximate surface area is 156 Å². The third-order valence-electron chi connectivity index (χ3n) is 4.93. The summed E-state index contributed by atoms with van der Waals surface area (Å²) in [6, 6.07) is 12.7. The van der Waals surface area contributed by atoms with Gasteiger partial charge in [-0.1, -0.05) is 30.3 Å². The van der Waals surface area contributed by atoms with Gasteiger partial charge in [-0.15, -0.1) is 0 Å². The third kappa shape index (κ3) is 3.35. The highest BCUT2D eigenvalue weighted by Crippen LogP contribution is 2.33. The van der Waals surface area contributed by atoms with Crippen LogP contribution >= 0.6 is 0 Å². The van der Waals surface area contributed by atoms with Gasteiger partial charge in [-0.2, -0.15) is 4.98 Å². The van der Waals surface area contributed by atoms with E-state index in [1.807, 2.05) is 31.2 Å². The van der Waals surface area contributed by atoms with Crippen molar-refractivity contribution < 1.29 is 13.7 Å². The maximum atomic E-state index is 14.2. The van der Waals surface area contributed by atoms with Crippen molar-refractivity contribution in [2.24, 2.45) is 0 Å². The molecule has 1 aliphatic rings. The van der Waals surface area contributed by atoms with Gasteiger partial charge in [0.1, 0.15) is 5.82 Å². The average molecular weight is 365 g/mol. The van der Waals surface area contributed by atoms with Crippen LogP contribution in [0.5, 0.6) is 0 Å². The lowest BCUT2D eigenvalue weighted by Gasteiger charge is -2.17. The number of hydrogen-bond donors (Lipinski definition) is 0. The normalized spacial score (nSPS) is 16.9. The zero-order valence-corrected chi connectivity index (χ0v) is 15.3. The Morgan fingerprint density at radius 1 is 1.22 bits per heavy atom. The molecule has 0 saturated carbocycles. The van der Waals surface area contributed by atoms with E-state index in [4.69, 9.17) is 4.52 Å². The van der Waals surface area contributed by atoms with Gasteiger partial charge in [0.25, 0.3) is 5.89 Å². The molecule has 4 rings (SSSR count). The SMILES string of the molecule is CCc1ccc(-c2nc(C3CC(=O)N(c4cc(C)ccc4F)C3)no2)cc1. The molecule has 1 aromatic heterocycles.